The maximum Gasteiger partial charge on any atom is 0.104 e. The van der Waals surface area contributed by atoms with Gasteiger partial charge in [0.2, 0.25) is 0 Å². The summed E-state index contributed by atoms with van der Waals surface area (Å²) in [5, 5.41) is 5.24. The van der Waals surface area contributed by atoms with Gasteiger partial charge in [-0.05, 0) is 33.4 Å². The Labute approximate surface area is 693 Å². The van der Waals surface area contributed by atoms with E-state index < -0.39 is 0 Å². The highest BCUT2D eigenvalue weighted by molar-refractivity contribution is 5.82. The molecule has 9 aliphatic heterocycles. The lowest BCUT2D eigenvalue weighted by Crippen LogP contribution is -1.94. The van der Waals surface area contributed by atoms with Gasteiger partial charge in [-0.3, -0.25) is 0 Å². The molecule has 18 nitrogen and oxygen atoms in total. The molecule has 9 unspecified atom stereocenters. The smallest absolute Gasteiger partial charge is 0.104 e. The summed E-state index contributed by atoms with van der Waals surface area (Å²) in [4.78, 5) is 0. The minimum Gasteiger partial charge on any atom is -0.382 e. The molecule has 9 fully saturated rings. The lowest BCUT2D eigenvalue weighted by Gasteiger charge is -1.92. The Hall–Kier alpha value is -7.22. The number of hydrogen-bond acceptors (Lipinski definition) is 18. The van der Waals surface area contributed by atoms with E-state index in [4.69, 9.17) is 85.3 Å². The van der Waals surface area contributed by atoms with Crippen LogP contribution in [0.15, 0.2) is 279 Å². The molecule has 9 aliphatic rings. The minimum absolute atomic E-state index is 0.426. The van der Waals surface area contributed by atoms with Gasteiger partial charge in [0.25, 0.3) is 0 Å². The molecule has 0 aliphatic carbocycles. The van der Waals surface area contributed by atoms with Gasteiger partial charge < -0.3 is 85.3 Å². The van der Waals surface area contributed by atoms with Crippen molar-refractivity contribution in [1.82, 2.24) is 0 Å². The van der Waals surface area contributed by atoms with E-state index in [2.05, 4.69) is 152 Å². The van der Waals surface area contributed by atoms with Crippen LogP contribution in [0.25, 0.3) is 21.5 Å². The molecule has 115 heavy (non-hydrogen) atoms. The van der Waals surface area contributed by atoms with Gasteiger partial charge in [-0.15, -0.1) is 0 Å². The predicted octanol–water partition coefficient (Wildman–Crippen LogP) is 19.1. The summed E-state index contributed by atoms with van der Waals surface area (Å²) in [5.74, 6) is 1.67. The summed E-state index contributed by atoms with van der Waals surface area (Å²) in [6.45, 7) is 32.2. The van der Waals surface area contributed by atoms with E-state index in [1.165, 1.54) is 28.0 Å². The monoisotopic (exact) mass is 1600 g/mol. The molecule has 9 aromatic carbocycles. The average molecular weight is 1600 g/mol. The summed E-state index contributed by atoms with van der Waals surface area (Å²) < 4.78 is 86.1. The summed E-state index contributed by atoms with van der Waals surface area (Å²) in [6, 6.07) is 93.4. The Kier molecular flexibility index (Phi) is 76.8. The van der Waals surface area contributed by atoms with Gasteiger partial charge in [-0.2, -0.15) is 0 Å². The van der Waals surface area contributed by atoms with Crippen molar-refractivity contribution in [2.75, 3.05) is 183 Å². The number of ether oxygens (including phenoxy) is 18. The highest BCUT2D eigenvalue weighted by Gasteiger charge is 2.25. The second-order valence-corrected chi connectivity index (χ2v) is 27.3. The molecule has 9 atom stereocenters. The zero-order valence-electron chi connectivity index (χ0n) is 72.7. The first-order valence-electron chi connectivity index (χ1n) is 40.0. The molecule has 18 heteroatoms. The van der Waals surface area contributed by atoms with Crippen molar-refractivity contribution in [3.8, 4) is 0 Å². The Balaban J connectivity index is 0.00000120. The lowest BCUT2D eigenvalue weighted by molar-refractivity contribution is 0.171. The molecule has 0 N–H and O–H groups in total. The van der Waals surface area contributed by atoms with Gasteiger partial charge in [0.05, 0.1) is 119 Å². The number of fused-ring (bicyclic) bond motifs is 2. The van der Waals surface area contributed by atoms with Crippen LogP contribution in [0.5, 0.6) is 0 Å². The Morgan fingerprint density at radius 2 is 0.261 bits per heavy atom. The normalized spacial score (nSPS) is 18.9. The van der Waals surface area contributed by atoms with Crippen LogP contribution in [-0.4, -0.2) is 238 Å². The van der Waals surface area contributed by atoms with Crippen LogP contribution in [0, 0.1) is 11.8 Å². The standard InChI is InChI=1S/2C10H8.5C6H6.9C4H8O2.2C4H10.C3H8/c2*1-2-6-10-8-4-3-7-9(10)5-1;5*1-2-4-6-5-3-1;9*1-5-2-4-3-6-4;2*1-4(2)3;1-3-2/h2*1-8H;5*1-6H;9*4H,2-3H2,1H3;2*4H,1-3H3;3H2,1-2H3. The fourth-order valence-corrected chi connectivity index (χ4v) is 7.34. The molecular formula is C97H146O18. The highest BCUT2D eigenvalue weighted by atomic mass is 16.6. The van der Waals surface area contributed by atoms with E-state index in [0.717, 1.165) is 131 Å². The van der Waals surface area contributed by atoms with Gasteiger partial charge >= 0.3 is 0 Å². The summed E-state index contributed by atoms with van der Waals surface area (Å²) in [5.41, 5.74) is 0. The summed E-state index contributed by atoms with van der Waals surface area (Å²) in [7, 11) is 15.1. The molecule has 9 saturated heterocycles. The van der Waals surface area contributed by atoms with Crippen molar-refractivity contribution < 1.29 is 85.3 Å². The van der Waals surface area contributed by atoms with Crippen molar-refractivity contribution in [1.29, 1.82) is 0 Å². The number of hydrogen-bond donors (Lipinski definition) is 0. The number of epoxide rings is 9. The fourth-order valence-electron chi connectivity index (χ4n) is 7.34. The van der Waals surface area contributed by atoms with Gasteiger partial charge in [0.15, 0.2) is 0 Å². The molecule has 0 aromatic heterocycles. The predicted molar refractivity (Wildman–Crippen MR) is 472 cm³/mol. The molecule has 0 saturated carbocycles. The van der Waals surface area contributed by atoms with Gasteiger partial charge in [0.1, 0.15) is 54.9 Å². The molecule has 0 amide bonds. The Bertz CT molecular complexity index is 2530. The zero-order chi connectivity index (χ0) is 84.4. The largest absolute Gasteiger partial charge is 0.382 e. The van der Waals surface area contributed by atoms with Crippen LogP contribution >= 0.6 is 0 Å². The van der Waals surface area contributed by atoms with Crippen LogP contribution in [-0.2, 0) is 85.3 Å². The second kappa shape index (κ2) is 81.9. The molecule has 18 rings (SSSR count). The van der Waals surface area contributed by atoms with E-state index in [1.54, 1.807) is 64.0 Å². The molecule has 0 radical (unpaired) electrons. The van der Waals surface area contributed by atoms with E-state index >= 15 is 0 Å². The molecule has 0 spiro atoms. The quantitative estimate of drug-likeness (QED) is 0.0735. The van der Waals surface area contributed by atoms with Crippen molar-refractivity contribution >= 4 is 21.5 Å². The third-order valence-corrected chi connectivity index (χ3v) is 13.4. The molecule has 0 bridgehead atoms. The molecule has 642 valence electrons. The van der Waals surface area contributed by atoms with Crippen LogP contribution in [0.4, 0.5) is 0 Å². The Morgan fingerprint density at radius 3 is 0.304 bits per heavy atom. The van der Waals surface area contributed by atoms with E-state index in [1.807, 2.05) is 182 Å². The Morgan fingerprint density at radius 1 is 0.191 bits per heavy atom. The van der Waals surface area contributed by atoms with Crippen LogP contribution in [0.1, 0.15) is 61.8 Å². The molecule has 9 heterocycles. The fraction of sp³-hybridized carbons (Fsp3) is 0.485. The lowest BCUT2D eigenvalue weighted by atomic mass is 10.1. The number of benzene rings is 9. The highest BCUT2D eigenvalue weighted by Crippen LogP contribution is 2.15. The third kappa shape index (κ3) is 92.2. The molecule has 9 aromatic rings. The van der Waals surface area contributed by atoms with Gasteiger partial charge in [-0.1, -0.05) is 341 Å². The minimum atomic E-state index is 0.426. The summed E-state index contributed by atoms with van der Waals surface area (Å²) in [6.07, 6.45) is 5.08. The SMILES string of the molecule is CC(C)C.CC(C)C.CCC.COCC1CO1.COCC1CO1.COCC1CO1.COCC1CO1.COCC1CO1.COCC1CO1.COCC1CO1.COCC1CO1.COCC1CO1.c1ccc2ccccc2c1.c1ccc2ccccc2c1.c1ccccc1.c1ccccc1.c1ccccc1.c1ccccc1.c1ccccc1. The van der Waals surface area contributed by atoms with Crippen molar-refractivity contribution in [2.24, 2.45) is 11.8 Å². The van der Waals surface area contributed by atoms with Gasteiger partial charge in [-0.25, -0.2) is 0 Å². The summed E-state index contributed by atoms with van der Waals surface area (Å²) >= 11 is 0. The maximum absolute atomic E-state index is 4.82. The molecular weight excluding hydrogens is 1450 g/mol. The first kappa shape index (κ1) is 108. The second-order valence-electron chi connectivity index (χ2n) is 27.3. The number of methoxy groups -OCH3 is 9. The first-order chi connectivity index (χ1) is 56.2. The number of rotatable bonds is 18. The van der Waals surface area contributed by atoms with Crippen LogP contribution in [0.2, 0.25) is 0 Å². The van der Waals surface area contributed by atoms with Crippen LogP contribution in [0.3, 0.4) is 0 Å². The van der Waals surface area contributed by atoms with E-state index in [-0.39, 0.29) is 0 Å². The topological polar surface area (TPSA) is 196 Å². The van der Waals surface area contributed by atoms with Crippen molar-refractivity contribution in [3.63, 3.8) is 0 Å². The van der Waals surface area contributed by atoms with Crippen LogP contribution < -0.4 is 0 Å². The zero-order valence-corrected chi connectivity index (χ0v) is 72.7. The average Bonchev–Trinajstić information content (AvgIpc) is 1.51. The maximum atomic E-state index is 4.82. The van der Waals surface area contributed by atoms with Crippen molar-refractivity contribution in [3.05, 3.63) is 279 Å². The van der Waals surface area contributed by atoms with Crippen molar-refractivity contribution in [2.45, 2.75) is 117 Å². The first-order valence-corrected chi connectivity index (χ1v) is 40.0. The van der Waals surface area contributed by atoms with E-state index in [9.17, 15) is 0 Å². The van der Waals surface area contributed by atoms with Gasteiger partial charge in [0, 0.05) is 64.0 Å². The third-order valence-electron chi connectivity index (χ3n) is 13.4. The van der Waals surface area contributed by atoms with E-state index in [0.29, 0.717) is 54.9 Å².